The van der Waals surface area contributed by atoms with Gasteiger partial charge in [-0.2, -0.15) is 0 Å². The number of methoxy groups -OCH3 is 1. The van der Waals surface area contributed by atoms with Crippen LogP contribution in [0.1, 0.15) is 20.3 Å². The third-order valence-corrected chi connectivity index (χ3v) is 5.58. The van der Waals surface area contributed by atoms with Crippen molar-refractivity contribution < 1.29 is 17.9 Å². The molecule has 7 heteroatoms. The van der Waals surface area contributed by atoms with E-state index in [1.807, 2.05) is 0 Å². The van der Waals surface area contributed by atoms with Crippen LogP contribution in [-0.4, -0.2) is 57.7 Å². The molecule has 106 valence electrons. The number of sulfone groups is 1. The van der Waals surface area contributed by atoms with Gasteiger partial charge in [0.15, 0.2) is 9.84 Å². The van der Waals surface area contributed by atoms with Crippen molar-refractivity contribution in [2.45, 2.75) is 37.2 Å². The first-order valence-electron chi connectivity index (χ1n) is 5.91. The number of ether oxygens (including phenoxy) is 1. The summed E-state index contributed by atoms with van der Waals surface area (Å²) >= 11 is 0. The van der Waals surface area contributed by atoms with Crippen LogP contribution in [0.2, 0.25) is 0 Å². The molecule has 0 bridgehead atoms. The molecule has 2 N–H and O–H groups in total. The number of hydrogen-bond acceptors (Lipinski definition) is 5. The Bertz CT molecular complexity index is 405. The molecule has 1 saturated heterocycles. The number of nitrogens with one attached hydrogen (secondary N) is 2. The maximum absolute atomic E-state index is 11.9. The standard InChI is InChI=1S/C11H22N2O4S/c1-11(2,18(4,15)16)7-13-10(14)9-5-8(17-3)6-12-9/h8-9,12H,5-7H2,1-4H3,(H,13,14). The monoisotopic (exact) mass is 278 g/mol. The summed E-state index contributed by atoms with van der Waals surface area (Å²) in [5, 5.41) is 5.73. The van der Waals surface area contributed by atoms with E-state index in [2.05, 4.69) is 10.6 Å². The second-order valence-corrected chi connectivity index (χ2v) is 7.95. The van der Waals surface area contributed by atoms with Crippen molar-refractivity contribution in [3.8, 4) is 0 Å². The van der Waals surface area contributed by atoms with Crippen LogP contribution in [0.4, 0.5) is 0 Å². The molecular weight excluding hydrogens is 256 g/mol. The van der Waals surface area contributed by atoms with Crippen molar-refractivity contribution in [2.75, 3.05) is 26.5 Å². The molecule has 1 aliphatic heterocycles. The highest BCUT2D eigenvalue weighted by atomic mass is 32.2. The summed E-state index contributed by atoms with van der Waals surface area (Å²) in [6.07, 6.45) is 1.83. The van der Waals surface area contributed by atoms with Crippen LogP contribution in [0.3, 0.4) is 0 Å². The Balaban J connectivity index is 2.48. The predicted molar refractivity (Wildman–Crippen MR) is 69.1 cm³/mol. The van der Waals surface area contributed by atoms with Gasteiger partial charge in [0.1, 0.15) is 0 Å². The third kappa shape index (κ3) is 3.66. The SMILES string of the molecule is COC1CNC(C(=O)NCC(C)(C)S(C)(=O)=O)C1. The number of amides is 1. The van der Waals surface area contributed by atoms with Crippen LogP contribution < -0.4 is 10.6 Å². The van der Waals surface area contributed by atoms with Gasteiger partial charge in [0.25, 0.3) is 0 Å². The van der Waals surface area contributed by atoms with Crippen molar-refractivity contribution >= 4 is 15.7 Å². The largest absolute Gasteiger partial charge is 0.380 e. The summed E-state index contributed by atoms with van der Waals surface area (Å²) in [7, 11) is -1.59. The van der Waals surface area contributed by atoms with Crippen LogP contribution in [0.25, 0.3) is 0 Å². The molecule has 0 aromatic heterocycles. The van der Waals surface area contributed by atoms with Crippen LogP contribution in [0.15, 0.2) is 0 Å². The van der Waals surface area contributed by atoms with Crippen molar-refractivity contribution in [2.24, 2.45) is 0 Å². The molecule has 0 radical (unpaired) electrons. The van der Waals surface area contributed by atoms with Gasteiger partial charge < -0.3 is 15.4 Å². The summed E-state index contributed by atoms with van der Waals surface area (Å²) in [5.74, 6) is -0.175. The highest BCUT2D eigenvalue weighted by Crippen LogP contribution is 2.14. The zero-order valence-electron chi connectivity index (χ0n) is 11.3. The first-order chi connectivity index (χ1) is 8.17. The Kier molecular flexibility index (Phi) is 4.74. The molecule has 2 unspecified atom stereocenters. The molecular formula is C11H22N2O4S. The van der Waals surface area contributed by atoms with E-state index in [9.17, 15) is 13.2 Å². The lowest BCUT2D eigenvalue weighted by Crippen LogP contribution is -2.48. The molecule has 1 fully saturated rings. The predicted octanol–water partition coefficient (Wildman–Crippen LogP) is -0.697. The lowest BCUT2D eigenvalue weighted by atomic mass is 10.1. The molecule has 1 amide bonds. The number of carbonyl (C=O) groups is 1. The Morgan fingerprint density at radius 3 is 2.56 bits per heavy atom. The zero-order valence-corrected chi connectivity index (χ0v) is 12.1. The van der Waals surface area contributed by atoms with Crippen LogP contribution in [-0.2, 0) is 19.4 Å². The summed E-state index contributed by atoms with van der Waals surface area (Å²) in [4.78, 5) is 11.9. The van der Waals surface area contributed by atoms with E-state index in [0.29, 0.717) is 13.0 Å². The first-order valence-corrected chi connectivity index (χ1v) is 7.80. The summed E-state index contributed by atoms with van der Waals surface area (Å²) in [6, 6.07) is -0.301. The number of carbonyl (C=O) groups excluding carboxylic acids is 1. The van der Waals surface area contributed by atoms with Crippen molar-refractivity contribution in [1.29, 1.82) is 0 Å². The van der Waals surface area contributed by atoms with Gasteiger partial charge in [-0.3, -0.25) is 4.79 Å². The van der Waals surface area contributed by atoms with Gasteiger partial charge in [-0.25, -0.2) is 8.42 Å². The smallest absolute Gasteiger partial charge is 0.237 e. The van der Waals surface area contributed by atoms with Gasteiger partial charge in [0.2, 0.25) is 5.91 Å². The van der Waals surface area contributed by atoms with E-state index in [4.69, 9.17) is 4.74 Å². The van der Waals surface area contributed by atoms with E-state index in [-0.39, 0.29) is 24.6 Å². The van der Waals surface area contributed by atoms with Crippen LogP contribution in [0, 0.1) is 0 Å². The summed E-state index contributed by atoms with van der Waals surface area (Å²) < 4.78 is 27.2. The third-order valence-electron chi connectivity index (χ3n) is 3.43. The molecule has 0 saturated carbocycles. The van der Waals surface area contributed by atoms with E-state index in [0.717, 1.165) is 0 Å². The number of hydrogen-bond donors (Lipinski definition) is 2. The Labute approximate surface area is 108 Å². The highest BCUT2D eigenvalue weighted by Gasteiger charge is 2.33. The van der Waals surface area contributed by atoms with Crippen molar-refractivity contribution in [3.63, 3.8) is 0 Å². The zero-order chi connectivity index (χ0) is 14.0. The molecule has 1 heterocycles. The van der Waals surface area contributed by atoms with Crippen molar-refractivity contribution in [3.05, 3.63) is 0 Å². The summed E-state index contributed by atoms with van der Waals surface area (Å²) in [6.45, 7) is 3.95. The quantitative estimate of drug-likeness (QED) is 0.695. The molecule has 18 heavy (non-hydrogen) atoms. The van der Waals surface area contributed by atoms with Crippen LogP contribution in [0.5, 0.6) is 0 Å². The number of rotatable bonds is 5. The minimum atomic E-state index is -3.20. The van der Waals surface area contributed by atoms with Crippen molar-refractivity contribution in [1.82, 2.24) is 10.6 Å². The molecule has 2 atom stereocenters. The maximum atomic E-state index is 11.9. The molecule has 0 aromatic rings. The second kappa shape index (κ2) is 5.54. The highest BCUT2D eigenvalue weighted by molar-refractivity contribution is 7.92. The fourth-order valence-corrected chi connectivity index (χ4v) is 1.97. The fourth-order valence-electron chi connectivity index (χ4n) is 1.64. The lowest BCUT2D eigenvalue weighted by Gasteiger charge is -2.23. The van der Waals surface area contributed by atoms with E-state index in [1.165, 1.54) is 6.26 Å². The van der Waals surface area contributed by atoms with Gasteiger partial charge in [-0.15, -0.1) is 0 Å². The van der Waals surface area contributed by atoms with Gasteiger partial charge in [0.05, 0.1) is 16.9 Å². The average molecular weight is 278 g/mol. The molecule has 0 spiro atoms. The molecule has 0 aliphatic carbocycles. The lowest BCUT2D eigenvalue weighted by molar-refractivity contribution is -0.123. The Morgan fingerprint density at radius 1 is 1.50 bits per heavy atom. The Morgan fingerprint density at radius 2 is 2.11 bits per heavy atom. The minimum Gasteiger partial charge on any atom is -0.380 e. The van der Waals surface area contributed by atoms with Gasteiger partial charge >= 0.3 is 0 Å². The van der Waals surface area contributed by atoms with E-state index >= 15 is 0 Å². The van der Waals surface area contributed by atoms with Gasteiger partial charge in [-0.05, 0) is 20.3 Å². The fraction of sp³-hybridized carbons (Fsp3) is 0.909. The molecule has 1 rings (SSSR count). The molecule has 0 aromatic carbocycles. The first kappa shape index (κ1) is 15.4. The average Bonchev–Trinajstić information content (AvgIpc) is 2.73. The summed E-state index contributed by atoms with van der Waals surface area (Å²) in [5.41, 5.74) is 0. The van der Waals surface area contributed by atoms with Gasteiger partial charge in [0, 0.05) is 26.5 Å². The molecule has 1 aliphatic rings. The molecule has 6 nitrogen and oxygen atoms in total. The van der Waals surface area contributed by atoms with E-state index in [1.54, 1.807) is 21.0 Å². The minimum absolute atomic E-state index is 0.0451. The Hall–Kier alpha value is -0.660. The van der Waals surface area contributed by atoms with Crippen LogP contribution >= 0.6 is 0 Å². The van der Waals surface area contributed by atoms with E-state index < -0.39 is 14.6 Å². The van der Waals surface area contributed by atoms with Gasteiger partial charge in [-0.1, -0.05) is 0 Å². The topological polar surface area (TPSA) is 84.5 Å². The second-order valence-electron chi connectivity index (χ2n) is 5.30. The normalized spacial score (nSPS) is 25.1. The maximum Gasteiger partial charge on any atom is 0.237 e.